The lowest BCUT2D eigenvalue weighted by atomic mass is 9.95. The molecule has 0 aromatic heterocycles. The molecule has 6 heteroatoms. The van der Waals surface area contributed by atoms with Crippen LogP contribution < -0.4 is 10.1 Å². The number of halogens is 3. The van der Waals surface area contributed by atoms with Crippen LogP contribution in [0.4, 0.5) is 13.2 Å². The Morgan fingerprint density at radius 2 is 1.95 bits per heavy atom. The molecule has 1 saturated carbocycles. The summed E-state index contributed by atoms with van der Waals surface area (Å²) in [6.07, 6.45) is 2.17. The molecule has 0 amide bonds. The minimum atomic E-state index is -4.64. The molecule has 0 aliphatic heterocycles. The Kier molecular flexibility index (Phi) is 5.81. The van der Waals surface area contributed by atoms with Crippen molar-refractivity contribution in [3.05, 3.63) is 29.8 Å². The zero-order valence-corrected chi connectivity index (χ0v) is 12.8. The third-order valence-corrected chi connectivity index (χ3v) is 4.87. The fourth-order valence-corrected chi connectivity index (χ4v) is 3.36. The van der Waals surface area contributed by atoms with E-state index in [1.807, 2.05) is 17.8 Å². The van der Waals surface area contributed by atoms with E-state index in [9.17, 15) is 13.2 Å². The molecule has 0 spiro atoms. The highest BCUT2D eigenvalue weighted by Crippen LogP contribution is 2.27. The highest BCUT2D eigenvalue weighted by molar-refractivity contribution is 7.99. The van der Waals surface area contributed by atoms with E-state index in [-0.39, 0.29) is 5.75 Å². The number of hydrogen-bond acceptors (Lipinski definition) is 3. The summed E-state index contributed by atoms with van der Waals surface area (Å²) in [5, 5.41) is 4.18. The third kappa shape index (κ3) is 5.79. The van der Waals surface area contributed by atoms with Crippen LogP contribution in [0.15, 0.2) is 24.3 Å². The lowest BCUT2D eigenvalue weighted by Gasteiger charge is -2.28. The molecular formula is C15H20F3NOS. The number of alkyl halides is 3. The van der Waals surface area contributed by atoms with Crippen LogP contribution in [0.1, 0.15) is 31.2 Å². The minimum Gasteiger partial charge on any atom is -0.406 e. The van der Waals surface area contributed by atoms with Gasteiger partial charge in [-0.3, -0.25) is 0 Å². The molecule has 0 atom stereocenters. The first kappa shape index (κ1) is 16.5. The van der Waals surface area contributed by atoms with Gasteiger partial charge in [0.05, 0.1) is 0 Å². The fraction of sp³-hybridized carbons (Fsp3) is 0.600. The predicted octanol–water partition coefficient (Wildman–Crippen LogP) is 4.35. The highest BCUT2D eigenvalue weighted by Gasteiger charge is 2.31. The molecule has 0 saturated heterocycles. The Bertz CT molecular complexity index is 445. The van der Waals surface area contributed by atoms with Gasteiger partial charge >= 0.3 is 6.36 Å². The van der Waals surface area contributed by atoms with E-state index in [4.69, 9.17) is 0 Å². The molecule has 21 heavy (non-hydrogen) atoms. The van der Waals surface area contributed by atoms with Gasteiger partial charge in [-0.05, 0) is 49.6 Å². The zero-order chi connectivity index (χ0) is 15.3. The highest BCUT2D eigenvalue weighted by atomic mass is 32.2. The molecule has 0 radical (unpaired) electrons. The standard InChI is InChI=1S/C15H20F3NOS/c1-21-14-7-5-12(6-8-14)19-10-11-3-2-4-13(9-11)20-15(16,17)18/h2-4,9,12,14,19H,5-8,10H2,1H3. The summed E-state index contributed by atoms with van der Waals surface area (Å²) >= 11 is 1.92. The van der Waals surface area contributed by atoms with Crippen molar-refractivity contribution in [2.75, 3.05) is 6.26 Å². The van der Waals surface area contributed by atoms with E-state index in [1.54, 1.807) is 6.07 Å². The number of rotatable bonds is 5. The lowest BCUT2D eigenvalue weighted by Crippen LogP contribution is -2.33. The smallest absolute Gasteiger partial charge is 0.406 e. The first-order chi connectivity index (χ1) is 9.96. The van der Waals surface area contributed by atoms with E-state index in [1.165, 1.54) is 25.0 Å². The summed E-state index contributed by atoms with van der Waals surface area (Å²) in [7, 11) is 0. The van der Waals surface area contributed by atoms with Gasteiger partial charge in [0.1, 0.15) is 5.75 Å². The van der Waals surface area contributed by atoms with Gasteiger partial charge in [-0.25, -0.2) is 0 Å². The lowest BCUT2D eigenvalue weighted by molar-refractivity contribution is -0.274. The zero-order valence-electron chi connectivity index (χ0n) is 12.0. The maximum absolute atomic E-state index is 12.2. The van der Waals surface area contributed by atoms with Crippen molar-refractivity contribution in [1.82, 2.24) is 5.32 Å². The largest absolute Gasteiger partial charge is 0.573 e. The van der Waals surface area contributed by atoms with Crippen LogP contribution in [-0.4, -0.2) is 23.9 Å². The maximum Gasteiger partial charge on any atom is 0.573 e. The Labute approximate surface area is 127 Å². The topological polar surface area (TPSA) is 21.3 Å². The number of benzene rings is 1. The second-order valence-electron chi connectivity index (χ2n) is 5.29. The second-order valence-corrected chi connectivity index (χ2v) is 6.42. The van der Waals surface area contributed by atoms with Gasteiger partial charge in [0, 0.05) is 17.8 Å². The molecule has 2 nitrogen and oxygen atoms in total. The maximum atomic E-state index is 12.2. The van der Waals surface area contributed by atoms with Crippen LogP contribution in [0, 0.1) is 0 Å². The average Bonchev–Trinajstić information content (AvgIpc) is 2.44. The Morgan fingerprint density at radius 3 is 2.57 bits per heavy atom. The van der Waals surface area contributed by atoms with Crippen molar-refractivity contribution in [2.45, 2.75) is 49.9 Å². The first-order valence-corrected chi connectivity index (χ1v) is 8.36. The number of hydrogen-bond donors (Lipinski definition) is 1. The second kappa shape index (κ2) is 7.40. The molecule has 1 fully saturated rings. The van der Waals surface area contributed by atoms with Crippen LogP contribution >= 0.6 is 11.8 Å². The summed E-state index contributed by atoms with van der Waals surface area (Å²) < 4.78 is 40.5. The quantitative estimate of drug-likeness (QED) is 0.872. The number of ether oxygens (including phenoxy) is 1. The van der Waals surface area contributed by atoms with Crippen LogP contribution in [0.3, 0.4) is 0 Å². The molecule has 1 aromatic carbocycles. The van der Waals surface area contributed by atoms with Crippen molar-refractivity contribution in [3.63, 3.8) is 0 Å². The molecule has 1 aliphatic carbocycles. The van der Waals surface area contributed by atoms with Crippen LogP contribution in [0.5, 0.6) is 5.75 Å². The summed E-state index contributed by atoms with van der Waals surface area (Å²) in [6.45, 7) is 0.573. The molecule has 1 aromatic rings. The molecule has 0 unspecified atom stereocenters. The third-order valence-electron chi connectivity index (χ3n) is 3.73. The summed E-state index contributed by atoms with van der Waals surface area (Å²) in [4.78, 5) is 0. The monoisotopic (exact) mass is 319 g/mol. The molecule has 1 N–H and O–H groups in total. The van der Waals surface area contributed by atoms with Crippen LogP contribution in [-0.2, 0) is 6.54 Å². The van der Waals surface area contributed by atoms with Gasteiger partial charge in [-0.2, -0.15) is 11.8 Å². The minimum absolute atomic E-state index is 0.159. The van der Waals surface area contributed by atoms with Crippen molar-refractivity contribution in [3.8, 4) is 5.75 Å². The van der Waals surface area contributed by atoms with Crippen molar-refractivity contribution < 1.29 is 17.9 Å². The summed E-state index contributed by atoms with van der Waals surface area (Å²) in [6, 6.07) is 6.61. The van der Waals surface area contributed by atoms with E-state index in [0.29, 0.717) is 12.6 Å². The van der Waals surface area contributed by atoms with Gasteiger partial charge in [-0.15, -0.1) is 13.2 Å². The normalized spacial score (nSPS) is 23.0. The fourth-order valence-electron chi connectivity index (χ4n) is 2.62. The van der Waals surface area contributed by atoms with Gasteiger partial charge in [0.25, 0.3) is 0 Å². The molecule has 0 bridgehead atoms. The SMILES string of the molecule is CSC1CCC(NCc2cccc(OC(F)(F)F)c2)CC1. The van der Waals surface area contributed by atoms with Crippen LogP contribution in [0.2, 0.25) is 0 Å². The van der Waals surface area contributed by atoms with Gasteiger partial charge in [0.15, 0.2) is 0 Å². The molecule has 0 heterocycles. The van der Waals surface area contributed by atoms with Crippen molar-refractivity contribution in [2.24, 2.45) is 0 Å². The van der Waals surface area contributed by atoms with Crippen molar-refractivity contribution in [1.29, 1.82) is 0 Å². The van der Waals surface area contributed by atoms with Gasteiger partial charge in [0.2, 0.25) is 0 Å². The average molecular weight is 319 g/mol. The molecule has 118 valence electrons. The Hall–Kier alpha value is -0.880. The predicted molar refractivity (Wildman–Crippen MR) is 79.5 cm³/mol. The number of thioether (sulfide) groups is 1. The van der Waals surface area contributed by atoms with Gasteiger partial charge < -0.3 is 10.1 Å². The van der Waals surface area contributed by atoms with Crippen LogP contribution in [0.25, 0.3) is 0 Å². The Morgan fingerprint density at radius 1 is 1.24 bits per heavy atom. The molecule has 1 aliphatic rings. The first-order valence-electron chi connectivity index (χ1n) is 7.07. The van der Waals surface area contributed by atoms with E-state index in [2.05, 4.69) is 16.3 Å². The summed E-state index contributed by atoms with van der Waals surface area (Å²) in [5.74, 6) is -0.159. The summed E-state index contributed by atoms with van der Waals surface area (Å²) in [5.41, 5.74) is 0.809. The van der Waals surface area contributed by atoms with E-state index < -0.39 is 6.36 Å². The van der Waals surface area contributed by atoms with Gasteiger partial charge in [-0.1, -0.05) is 12.1 Å². The molecule has 2 rings (SSSR count). The van der Waals surface area contributed by atoms with Crippen molar-refractivity contribution >= 4 is 11.8 Å². The Balaban J connectivity index is 1.82. The van der Waals surface area contributed by atoms with E-state index >= 15 is 0 Å². The van der Waals surface area contributed by atoms with E-state index in [0.717, 1.165) is 23.7 Å². The number of nitrogens with one attached hydrogen (secondary N) is 1. The molecular weight excluding hydrogens is 299 g/mol.